The monoisotopic (exact) mass is 341 g/mol. The van der Waals surface area contributed by atoms with Crippen LogP contribution in [0.1, 0.15) is 11.8 Å². The van der Waals surface area contributed by atoms with Crippen LogP contribution in [0.15, 0.2) is 19.9 Å². The molecular weight excluding hydrogens is 330 g/mol. The summed E-state index contributed by atoms with van der Waals surface area (Å²) in [7, 11) is -3.67. The number of aryl methyl sites for hydroxylation is 1. The van der Waals surface area contributed by atoms with Gasteiger partial charge in [-0.05, 0) is 35.8 Å². The molecule has 17 heavy (non-hydrogen) atoms. The van der Waals surface area contributed by atoms with Crippen LogP contribution in [0.25, 0.3) is 0 Å². The third kappa shape index (κ3) is 3.41. The molecule has 0 aliphatic heterocycles. The van der Waals surface area contributed by atoms with Crippen LogP contribution in [0.3, 0.4) is 0 Å². The molecule has 1 aromatic rings. The number of hydrogen-bond acceptors (Lipinski definition) is 5. The highest BCUT2D eigenvalue weighted by molar-refractivity contribution is 9.11. The van der Waals surface area contributed by atoms with Crippen LogP contribution < -0.4 is 10.5 Å². The molecule has 0 aromatic carbocycles. The summed E-state index contributed by atoms with van der Waals surface area (Å²) in [5.74, 6) is -0.194. The summed E-state index contributed by atoms with van der Waals surface area (Å²) in [6.45, 7) is 3.20. The lowest BCUT2D eigenvalue weighted by Gasteiger charge is -2.12. The maximum absolute atomic E-state index is 12.0. The third-order valence-electron chi connectivity index (χ3n) is 2.02. The predicted molar refractivity (Wildman–Crippen MR) is 69.9 cm³/mol. The number of oxime groups is 1. The van der Waals surface area contributed by atoms with Crippen molar-refractivity contribution in [2.75, 3.05) is 0 Å². The first-order valence-corrected chi connectivity index (χ1v) is 7.63. The highest BCUT2D eigenvalue weighted by atomic mass is 79.9. The summed E-state index contributed by atoms with van der Waals surface area (Å²) in [6, 6.07) is 0.740. The Hall–Kier alpha value is -0.640. The Balaban J connectivity index is 3.01. The average Bonchev–Trinajstić information content (AvgIpc) is 2.56. The first kappa shape index (κ1) is 14.4. The second kappa shape index (κ2) is 5.34. The molecule has 0 saturated heterocycles. The molecule has 9 heteroatoms. The molecule has 0 fully saturated rings. The van der Waals surface area contributed by atoms with Crippen LogP contribution in [0, 0.1) is 6.92 Å². The number of halogens is 1. The van der Waals surface area contributed by atoms with Crippen molar-refractivity contribution in [3.8, 4) is 0 Å². The number of amidine groups is 1. The summed E-state index contributed by atoms with van der Waals surface area (Å²) < 4.78 is 27.0. The fraction of sp³-hybridized carbons (Fsp3) is 0.375. The molecule has 1 unspecified atom stereocenters. The summed E-state index contributed by atoms with van der Waals surface area (Å²) in [5, 5.41) is 11.2. The Kier molecular flexibility index (Phi) is 4.53. The second-order valence-electron chi connectivity index (χ2n) is 3.34. The van der Waals surface area contributed by atoms with Gasteiger partial charge in [0.2, 0.25) is 10.0 Å². The largest absolute Gasteiger partial charge is 0.409 e. The topological polar surface area (TPSA) is 105 Å². The van der Waals surface area contributed by atoms with Crippen molar-refractivity contribution in [2.24, 2.45) is 10.9 Å². The standard InChI is InChI=1S/C8H12BrN3O3S2/c1-4(8(10)11-13)12-17(14,15)6-3-7(9)16-5(6)2/h3-4,12-13H,1-2H3,(H2,10,11). The summed E-state index contributed by atoms with van der Waals surface area (Å²) in [4.78, 5) is 0.850. The van der Waals surface area contributed by atoms with Crippen LogP contribution in [0.5, 0.6) is 0 Å². The van der Waals surface area contributed by atoms with Gasteiger partial charge in [0, 0.05) is 4.88 Å². The number of nitrogens with zero attached hydrogens (tertiary/aromatic N) is 1. The number of thiophene rings is 1. The van der Waals surface area contributed by atoms with Crippen molar-refractivity contribution < 1.29 is 13.6 Å². The Morgan fingerprint density at radius 1 is 1.71 bits per heavy atom. The van der Waals surface area contributed by atoms with Gasteiger partial charge in [-0.3, -0.25) is 0 Å². The van der Waals surface area contributed by atoms with Crippen LogP contribution >= 0.6 is 27.3 Å². The zero-order valence-electron chi connectivity index (χ0n) is 9.14. The van der Waals surface area contributed by atoms with Crippen molar-refractivity contribution in [2.45, 2.75) is 24.8 Å². The van der Waals surface area contributed by atoms with E-state index >= 15 is 0 Å². The lowest BCUT2D eigenvalue weighted by atomic mass is 10.3. The molecule has 4 N–H and O–H groups in total. The molecular formula is C8H12BrN3O3S2. The Bertz CT molecular complexity index is 538. The maximum atomic E-state index is 12.0. The number of rotatable bonds is 4. The highest BCUT2D eigenvalue weighted by Gasteiger charge is 2.23. The molecule has 0 aliphatic carbocycles. The van der Waals surface area contributed by atoms with E-state index in [1.807, 2.05) is 0 Å². The molecule has 0 radical (unpaired) electrons. The predicted octanol–water partition coefficient (Wildman–Crippen LogP) is 1.23. The van der Waals surface area contributed by atoms with Gasteiger partial charge in [0.15, 0.2) is 5.84 Å². The molecule has 6 nitrogen and oxygen atoms in total. The van der Waals surface area contributed by atoms with Gasteiger partial charge < -0.3 is 10.9 Å². The van der Waals surface area contributed by atoms with Crippen molar-refractivity contribution in [3.63, 3.8) is 0 Å². The molecule has 0 aliphatic rings. The summed E-state index contributed by atoms with van der Waals surface area (Å²) in [6.07, 6.45) is 0. The van der Waals surface area contributed by atoms with Crippen LogP contribution in [-0.2, 0) is 10.0 Å². The normalized spacial score (nSPS) is 14.9. The van der Waals surface area contributed by atoms with Gasteiger partial charge in [0.25, 0.3) is 0 Å². The van der Waals surface area contributed by atoms with Crippen molar-refractivity contribution in [3.05, 3.63) is 14.7 Å². The molecule has 1 aromatic heterocycles. The van der Waals surface area contributed by atoms with Crippen LogP contribution in [0.4, 0.5) is 0 Å². The number of hydrogen-bond donors (Lipinski definition) is 3. The molecule has 96 valence electrons. The van der Waals surface area contributed by atoms with Crippen LogP contribution in [0.2, 0.25) is 0 Å². The molecule has 0 saturated carbocycles. The van der Waals surface area contributed by atoms with Gasteiger partial charge in [-0.25, -0.2) is 13.1 Å². The first-order chi connectivity index (χ1) is 7.77. The third-order valence-corrected chi connectivity index (χ3v) is 5.37. The average molecular weight is 342 g/mol. The molecule has 0 bridgehead atoms. The minimum absolute atomic E-state index is 0.187. The van der Waals surface area contributed by atoms with E-state index in [4.69, 9.17) is 10.9 Å². The first-order valence-electron chi connectivity index (χ1n) is 4.53. The van der Waals surface area contributed by atoms with Gasteiger partial charge in [0.05, 0.1) is 14.7 Å². The fourth-order valence-electron chi connectivity index (χ4n) is 1.14. The quantitative estimate of drug-likeness (QED) is 0.331. The van der Waals surface area contributed by atoms with Gasteiger partial charge in [0.1, 0.15) is 0 Å². The molecule has 0 amide bonds. The van der Waals surface area contributed by atoms with Crippen molar-refractivity contribution >= 4 is 43.1 Å². The van der Waals surface area contributed by atoms with Gasteiger partial charge >= 0.3 is 0 Å². The maximum Gasteiger partial charge on any atom is 0.242 e. The van der Waals surface area contributed by atoms with Gasteiger partial charge in [-0.2, -0.15) is 0 Å². The van der Waals surface area contributed by atoms with E-state index in [-0.39, 0.29) is 10.7 Å². The second-order valence-corrected chi connectivity index (χ2v) is 7.66. The lowest BCUT2D eigenvalue weighted by molar-refractivity contribution is 0.316. The van der Waals surface area contributed by atoms with E-state index in [1.165, 1.54) is 24.3 Å². The fourth-order valence-corrected chi connectivity index (χ4v) is 4.77. The Morgan fingerprint density at radius 2 is 2.29 bits per heavy atom. The van der Waals surface area contributed by atoms with E-state index < -0.39 is 16.1 Å². The van der Waals surface area contributed by atoms with Crippen LogP contribution in [-0.4, -0.2) is 25.5 Å². The summed E-state index contributed by atoms with van der Waals surface area (Å²) in [5.41, 5.74) is 5.31. The minimum Gasteiger partial charge on any atom is -0.409 e. The zero-order chi connectivity index (χ0) is 13.2. The van der Waals surface area contributed by atoms with E-state index in [9.17, 15) is 8.42 Å². The molecule has 0 spiro atoms. The van der Waals surface area contributed by atoms with Crippen molar-refractivity contribution in [1.82, 2.24) is 4.72 Å². The number of nitrogens with one attached hydrogen (secondary N) is 1. The Morgan fingerprint density at radius 3 is 2.71 bits per heavy atom. The molecule has 1 rings (SSSR count). The highest BCUT2D eigenvalue weighted by Crippen LogP contribution is 2.29. The minimum atomic E-state index is -3.67. The SMILES string of the molecule is Cc1sc(Br)cc1S(=O)(=O)NC(C)C(N)=NO. The molecule has 1 atom stereocenters. The smallest absolute Gasteiger partial charge is 0.242 e. The number of nitrogens with two attached hydrogens (primary N) is 1. The van der Waals surface area contributed by atoms with Gasteiger partial charge in [-0.1, -0.05) is 5.16 Å². The summed E-state index contributed by atoms with van der Waals surface area (Å²) >= 11 is 4.55. The van der Waals surface area contributed by atoms with Crippen molar-refractivity contribution in [1.29, 1.82) is 0 Å². The van der Waals surface area contributed by atoms with E-state index in [1.54, 1.807) is 6.92 Å². The van der Waals surface area contributed by atoms with E-state index in [0.29, 0.717) is 4.88 Å². The molecule has 1 heterocycles. The van der Waals surface area contributed by atoms with Gasteiger partial charge in [-0.15, -0.1) is 11.3 Å². The lowest BCUT2D eigenvalue weighted by Crippen LogP contribution is -2.42. The van der Waals surface area contributed by atoms with E-state index in [0.717, 1.165) is 3.79 Å². The number of sulfonamides is 1. The zero-order valence-corrected chi connectivity index (χ0v) is 12.4. The Labute approximate surface area is 112 Å². The van der Waals surface area contributed by atoms with E-state index in [2.05, 4.69) is 25.8 Å².